The summed E-state index contributed by atoms with van der Waals surface area (Å²) in [7, 11) is 1.46. The van der Waals surface area contributed by atoms with Gasteiger partial charge in [-0.25, -0.2) is 8.78 Å². The normalized spacial score (nSPS) is 23.6. The maximum absolute atomic E-state index is 16.2. The zero-order chi connectivity index (χ0) is 37.8. The zero-order valence-corrected chi connectivity index (χ0v) is 31.4. The second-order valence-electron chi connectivity index (χ2n) is 14.2. The molecule has 0 spiro atoms. The fraction of sp³-hybridized carbons (Fsp3) is 0.475. The van der Waals surface area contributed by atoms with Crippen molar-refractivity contribution in [3.05, 3.63) is 65.6 Å². The Bertz CT molecular complexity index is 2020. The van der Waals surface area contributed by atoms with Crippen molar-refractivity contribution >= 4 is 45.0 Å². The predicted octanol–water partition coefficient (Wildman–Crippen LogP) is 6.05. The first-order chi connectivity index (χ1) is 26.3. The summed E-state index contributed by atoms with van der Waals surface area (Å²) in [6.07, 6.45) is 9.23. The van der Waals surface area contributed by atoms with Crippen LogP contribution in [0.3, 0.4) is 0 Å². The number of morpholine rings is 1. The quantitative estimate of drug-likeness (QED) is 0.216. The van der Waals surface area contributed by atoms with Gasteiger partial charge in [0, 0.05) is 92.6 Å². The Morgan fingerprint density at radius 1 is 1.07 bits per heavy atom. The van der Waals surface area contributed by atoms with Gasteiger partial charge in [0.15, 0.2) is 5.82 Å². The number of amides is 1. The molecule has 0 radical (unpaired) electrons. The molecule has 0 saturated carbocycles. The molecule has 284 valence electrons. The Morgan fingerprint density at radius 2 is 1.81 bits per heavy atom. The van der Waals surface area contributed by atoms with Crippen LogP contribution in [0.1, 0.15) is 32.6 Å². The number of rotatable bonds is 6. The molecule has 4 aromatic rings. The molecule has 9 rings (SSSR count). The van der Waals surface area contributed by atoms with Crippen LogP contribution in [0.2, 0.25) is 5.02 Å². The van der Waals surface area contributed by atoms with Crippen LogP contribution in [0.15, 0.2) is 54.7 Å². The highest BCUT2D eigenvalue weighted by Gasteiger charge is 2.41. The number of aromatic nitrogens is 3. The van der Waals surface area contributed by atoms with Crippen molar-refractivity contribution in [2.24, 2.45) is 0 Å². The third-order valence-electron chi connectivity index (χ3n) is 11.0. The van der Waals surface area contributed by atoms with E-state index in [9.17, 15) is 9.18 Å². The molecule has 11 nitrogen and oxygen atoms in total. The molecule has 4 unspecified atom stereocenters. The number of ether oxygens (including phenoxy) is 2. The van der Waals surface area contributed by atoms with Crippen LogP contribution in [0.4, 0.5) is 14.6 Å². The second-order valence-corrected chi connectivity index (χ2v) is 14.6. The highest BCUT2D eigenvalue weighted by atomic mass is 35.5. The Labute approximate surface area is 319 Å². The lowest BCUT2D eigenvalue weighted by Gasteiger charge is -2.52. The van der Waals surface area contributed by atoms with Crippen LogP contribution < -0.4 is 9.64 Å². The highest BCUT2D eigenvalue weighted by Crippen LogP contribution is 2.37. The highest BCUT2D eigenvalue weighted by molar-refractivity contribution is 6.36. The molecule has 0 aliphatic carbocycles. The Kier molecular flexibility index (Phi) is 11.8. The van der Waals surface area contributed by atoms with Gasteiger partial charge in [0.25, 0.3) is 0 Å². The summed E-state index contributed by atoms with van der Waals surface area (Å²) >= 11 is 6.52. The van der Waals surface area contributed by atoms with Crippen molar-refractivity contribution < 1.29 is 23.0 Å². The van der Waals surface area contributed by atoms with E-state index in [1.807, 2.05) is 40.1 Å². The average molecular weight is 759 g/mol. The van der Waals surface area contributed by atoms with Crippen molar-refractivity contribution in [3.63, 3.8) is 0 Å². The van der Waals surface area contributed by atoms with Gasteiger partial charge in [-0.15, -0.1) is 0 Å². The van der Waals surface area contributed by atoms with Gasteiger partial charge in [-0.3, -0.25) is 19.6 Å². The van der Waals surface area contributed by atoms with Gasteiger partial charge in [0.2, 0.25) is 5.91 Å². The molecule has 0 N–H and O–H groups in total. The number of hydrogen-bond donors (Lipinski definition) is 0. The SMILES string of the molecule is CC#N.COc1nc(N2CCN(C(=O)/C=C/CN3C4COCC3C4)CC2)c2cnc(-c3cccc4cccc(Cl)c34)c(F)c2n1.FC1CC2CCCN2C1. The van der Waals surface area contributed by atoms with Crippen molar-refractivity contribution in [2.45, 2.75) is 56.9 Å². The molecule has 2 bridgehead atoms. The molecule has 54 heavy (non-hydrogen) atoms. The van der Waals surface area contributed by atoms with E-state index in [1.165, 1.54) is 33.3 Å². The monoisotopic (exact) mass is 758 g/mol. The number of benzene rings is 2. The van der Waals surface area contributed by atoms with Crippen LogP contribution >= 0.6 is 11.6 Å². The second kappa shape index (κ2) is 16.9. The van der Waals surface area contributed by atoms with Gasteiger partial charge >= 0.3 is 6.01 Å². The number of pyridine rings is 1. The molecular weight excluding hydrogens is 714 g/mol. The number of carbonyl (C=O) groups is 1. The number of hydrogen-bond acceptors (Lipinski definition) is 10. The van der Waals surface area contributed by atoms with Gasteiger partial charge in [-0.2, -0.15) is 15.2 Å². The Balaban J connectivity index is 0.000000320. The van der Waals surface area contributed by atoms with Crippen LogP contribution in [0.5, 0.6) is 6.01 Å². The fourth-order valence-corrected chi connectivity index (χ4v) is 8.57. The number of halogens is 3. The van der Waals surface area contributed by atoms with E-state index in [0.29, 0.717) is 72.6 Å². The molecule has 2 aromatic heterocycles. The van der Waals surface area contributed by atoms with E-state index in [0.717, 1.165) is 43.5 Å². The largest absolute Gasteiger partial charge is 0.467 e. The van der Waals surface area contributed by atoms with E-state index < -0.39 is 12.0 Å². The van der Waals surface area contributed by atoms with Crippen LogP contribution in [-0.2, 0) is 9.53 Å². The number of piperazine rings is 1. The minimum absolute atomic E-state index is 0.00666. The minimum Gasteiger partial charge on any atom is -0.467 e. The standard InChI is InChI=1S/C31H30ClFN6O3.C7H12FN.C2H3N/c1-41-31-35-29-23(16-34-28(27(29)33)22-7-2-5-19-6-3-8-24(32)26(19)22)30(36-31)38-13-11-37(12-14-38)25(40)9-4-10-39-20-15-21(39)18-42-17-20;8-6-4-7-2-1-3-9(7)5-6;1-2-3/h2-9,16,20-21H,10-15,17-18H2,1H3;6-7H,1-5H2;1H3/b9-4+;;. The molecular formula is C40H45ClF2N8O3. The molecule has 5 fully saturated rings. The topological polar surface area (TPSA) is 111 Å². The number of carbonyl (C=O) groups excluding carboxylic acids is 1. The molecule has 1 amide bonds. The number of fused-ring (bicyclic) bond motifs is 5. The lowest BCUT2D eigenvalue weighted by Crippen LogP contribution is -2.63. The molecule has 5 aliphatic heterocycles. The Hall–Kier alpha value is -4.48. The maximum atomic E-state index is 16.2. The number of alkyl halides is 1. The van der Waals surface area contributed by atoms with Gasteiger partial charge in [0.05, 0.1) is 31.8 Å². The fourth-order valence-electron chi connectivity index (χ4n) is 8.29. The number of nitrogens with zero attached hydrogens (tertiary/aromatic N) is 8. The lowest BCUT2D eigenvalue weighted by molar-refractivity contribution is -0.126. The number of anilines is 1. The summed E-state index contributed by atoms with van der Waals surface area (Å²) in [6, 6.07) is 14.5. The summed E-state index contributed by atoms with van der Waals surface area (Å²) in [5.41, 5.74) is 0.862. The zero-order valence-electron chi connectivity index (χ0n) is 30.6. The van der Waals surface area contributed by atoms with Gasteiger partial charge in [-0.1, -0.05) is 48.0 Å². The average Bonchev–Trinajstić information content (AvgIpc) is 3.78. The van der Waals surface area contributed by atoms with Crippen LogP contribution in [0.25, 0.3) is 32.9 Å². The maximum Gasteiger partial charge on any atom is 0.318 e. The van der Waals surface area contributed by atoms with Crippen molar-refractivity contribution in [1.82, 2.24) is 29.7 Å². The third-order valence-corrected chi connectivity index (χ3v) is 11.3. The first-order valence-electron chi connectivity index (χ1n) is 18.6. The van der Waals surface area contributed by atoms with Crippen molar-refractivity contribution in [1.29, 1.82) is 5.26 Å². The van der Waals surface area contributed by atoms with Crippen molar-refractivity contribution in [3.8, 4) is 23.3 Å². The summed E-state index contributed by atoms with van der Waals surface area (Å²) in [6.45, 7) is 7.71. The van der Waals surface area contributed by atoms with Crippen LogP contribution in [0, 0.1) is 17.1 Å². The summed E-state index contributed by atoms with van der Waals surface area (Å²) in [5, 5.41) is 9.94. The van der Waals surface area contributed by atoms with E-state index >= 15 is 4.39 Å². The summed E-state index contributed by atoms with van der Waals surface area (Å²) in [4.78, 5) is 34.9. The summed E-state index contributed by atoms with van der Waals surface area (Å²) < 4.78 is 39.7. The van der Waals surface area contributed by atoms with E-state index in [1.54, 1.807) is 30.5 Å². The van der Waals surface area contributed by atoms with Crippen molar-refractivity contribution in [2.75, 3.05) is 71.0 Å². The number of nitriles is 1. The minimum atomic E-state index is -0.571. The van der Waals surface area contributed by atoms with Gasteiger partial charge < -0.3 is 19.3 Å². The smallest absolute Gasteiger partial charge is 0.318 e. The molecule has 5 saturated heterocycles. The Morgan fingerprint density at radius 3 is 2.52 bits per heavy atom. The van der Waals surface area contributed by atoms with E-state index in [-0.39, 0.29) is 23.1 Å². The first-order valence-corrected chi connectivity index (χ1v) is 19.0. The third kappa shape index (κ3) is 7.84. The lowest BCUT2D eigenvalue weighted by atomic mass is 9.91. The van der Waals surface area contributed by atoms with E-state index in [2.05, 4.69) is 24.8 Å². The molecule has 14 heteroatoms. The molecule has 7 heterocycles. The molecule has 2 aromatic carbocycles. The first kappa shape index (κ1) is 37.8. The van der Waals surface area contributed by atoms with Crippen LogP contribution in [-0.4, -0.2) is 126 Å². The van der Waals surface area contributed by atoms with E-state index in [4.69, 9.17) is 26.3 Å². The summed E-state index contributed by atoms with van der Waals surface area (Å²) in [5.74, 6) is -0.0496. The van der Waals surface area contributed by atoms with Gasteiger partial charge in [0.1, 0.15) is 23.2 Å². The molecule has 4 atom stereocenters. The molecule has 5 aliphatic rings. The van der Waals surface area contributed by atoms with Gasteiger partial charge in [-0.05, 0) is 43.7 Å². The number of methoxy groups -OCH3 is 1. The predicted molar refractivity (Wildman–Crippen MR) is 205 cm³/mol.